The van der Waals surface area contributed by atoms with Crippen molar-refractivity contribution in [3.8, 4) is 0 Å². The monoisotopic (exact) mass is 1190 g/mol. The van der Waals surface area contributed by atoms with Crippen LogP contribution in [0.1, 0.15) is 326 Å². The van der Waals surface area contributed by atoms with Gasteiger partial charge in [0.25, 0.3) is 0 Å². The Hall–Kier alpha value is -1.42. The zero-order chi connectivity index (χ0) is 56.2. The van der Waals surface area contributed by atoms with E-state index < -0.39 is 0 Å². The van der Waals surface area contributed by atoms with Crippen LogP contribution in [-0.2, 0) is 0 Å². The molecule has 85 heavy (non-hydrogen) atoms. The van der Waals surface area contributed by atoms with Gasteiger partial charge in [-0.3, -0.25) is 0 Å². The average Bonchev–Trinajstić information content (AvgIpc) is 3.59. The molecule has 3 spiro atoms. The van der Waals surface area contributed by atoms with Gasteiger partial charge in [-0.15, -0.1) is 0 Å². The number of aryl methyl sites for hydroxylation is 2. The first-order valence-corrected chi connectivity index (χ1v) is 33.9. The van der Waals surface area contributed by atoms with Crippen LogP contribution in [0.2, 0.25) is 0 Å². The van der Waals surface area contributed by atoms with Gasteiger partial charge < -0.3 is 14.7 Å². The third kappa shape index (κ3) is 32.9. The number of hydrogen-bond donors (Lipinski definition) is 0. The number of allylic oxidation sites excluding steroid dienone is 4. The van der Waals surface area contributed by atoms with Crippen LogP contribution in [0.25, 0.3) is 0 Å². The van der Waals surface area contributed by atoms with Gasteiger partial charge in [-0.2, -0.15) is 0 Å². The van der Waals surface area contributed by atoms with Crippen molar-refractivity contribution >= 4 is 0 Å². The molecule has 8 aliphatic carbocycles. The molecule has 0 amide bonds. The molecule has 3 heterocycles. The van der Waals surface area contributed by atoms with Crippen LogP contribution in [0.4, 0.5) is 0 Å². The highest BCUT2D eigenvalue weighted by molar-refractivity contribution is 5.19. The van der Waals surface area contributed by atoms with Crippen molar-refractivity contribution in [1.82, 2.24) is 14.7 Å². The molecule has 2 bridgehead atoms. The Bertz CT molecular complexity index is 1630. The molecule has 3 nitrogen and oxygen atoms in total. The summed E-state index contributed by atoms with van der Waals surface area (Å²) in [6.45, 7) is 38.2. The number of fused-ring (bicyclic) bond motifs is 2. The zero-order valence-corrected chi connectivity index (χ0v) is 54.7. The molecular formula is C82H165N3. The molecule has 3 heteroatoms. The first-order valence-electron chi connectivity index (χ1n) is 33.9. The molecule has 11 aliphatic rings. The molecule has 1 aromatic carbocycles. The van der Waals surface area contributed by atoms with Crippen molar-refractivity contribution in [2.45, 2.75) is 329 Å². The summed E-state index contributed by atoms with van der Waals surface area (Å²) in [5.74, 6) is 11.3. The molecule has 4 atom stereocenters. The number of nitrogens with zero attached hydrogens (tertiary/aromatic N) is 3. The maximum Gasteiger partial charge on any atom is 0.00474 e. The quantitative estimate of drug-likeness (QED) is 0.240. The summed E-state index contributed by atoms with van der Waals surface area (Å²) in [6, 6.07) is 8.48. The Morgan fingerprint density at radius 3 is 0.941 bits per heavy atom. The van der Waals surface area contributed by atoms with Crippen molar-refractivity contribution < 1.29 is 0 Å². The predicted molar refractivity (Wildman–Crippen MR) is 396 cm³/mol. The Kier molecular flexibility index (Phi) is 47.6. The van der Waals surface area contributed by atoms with Gasteiger partial charge in [-0.25, -0.2) is 0 Å². The van der Waals surface area contributed by atoms with Gasteiger partial charge in [0.15, 0.2) is 0 Å². The largest absolute Gasteiger partial charge is 0.306 e. The number of rotatable bonds is 0. The lowest BCUT2D eigenvalue weighted by molar-refractivity contribution is -0.0192. The molecule has 0 N–H and O–H groups in total. The summed E-state index contributed by atoms with van der Waals surface area (Å²) in [6.07, 6.45) is 45.7. The number of piperidine rings is 2. The number of benzene rings is 1. The molecule has 1 aromatic rings. The second-order valence-electron chi connectivity index (χ2n) is 31.1. The Morgan fingerprint density at radius 2 is 0.647 bits per heavy atom. The van der Waals surface area contributed by atoms with Crippen molar-refractivity contribution in [2.75, 3.05) is 60.4 Å². The average molecular weight is 1190 g/mol. The second-order valence-corrected chi connectivity index (χ2v) is 31.1. The predicted octanol–water partition coefficient (Wildman–Crippen LogP) is 26.0. The van der Waals surface area contributed by atoms with E-state index in [1.54, 1.807) is 11.1 Å². The number of hydrogen-bond acceptors (Lipinski definition) is 3. The van der Waals surface area contributed by atoms with Gasteiger partial charge in [-0.05, 0) is 285 Å². The van der Waals surface area contributed by atoms with Crippen LogP contribution in [0.5, 0.6) is 0 Å². The van der Waals surface area contributed by atoms with Gasteiger partial charge in [0.05, 0.1) is 0 Å². The molecule has 3 aliphatic heterocycles. The molecule has 12 rings (SSSR count). The normalized spacial score (nSPS) is 30.8. The highest BCUT2D eigenvalue weighted by atomic mass is 15.2. The molecular weight excluding hydrogens is 1030 g/mol. The lowest BCUT2D eigenvalue weighted by Gasteiger charge is -2.52. The Morgan fingerprint density at radius 1 is 0.329 bits per heavy atom. The minimum atomic E-state index is 0. The van der Waals surface area contributed by atoms with Gasteiger partial charge >= 0.3 is 0 Å². The second kappa shape index (κ2) is 44.9. The molecule has 4 unspecified atom stereocenters. The minimum absolute atomic E-state index is 0. The van der Waals surface area contributed by atoms with E-state index in [9.17, 15) is 0 Å². The van der Waals surface area contributed by atoms with Crippen molar-refractivity contribution in [1.29, 1.82) is 0 Å². The first-order chi connectivity index (χ1) is 36.5. The van der Waals surface area contributed by atoms with E-state index in [2.05, 4.69) is 162 Å². The first kappa shape index (κ1) is 90.0. The highest BCUT2D eigenvalue weighted by Crippen LogP contribution is 2.52. The lowest BCUT2D eigenvalue weighted by atomic mass is 9.58. The summed E-state index contributed by atoms with van der Waals surface area (Å²) in [5, 5.41) is 0. The van der Waals surface area contributed by atoms with Crippen molar-refractivity contribution in [3.63, 3.8) is 0 Å². The summed E-state index contributed by atoms with van der Waals surface area (Å²) >= 11 is 0. The summed E-state index contributed by atoms with van der Waals surface area (Å²) < 4.78 is 0. The van der Waals surface area contributed by atoms with Gasteiger partial charge in [0, 0.05) is 13.1 Å². The zero-order valence-electron chi connectivity index (χ0n) is 54.7. The maximum atomic E-state index is 2.49. The standard InChI is InChI=1S/C12H23N.2C10H19N.C10H18.C8H16.2C8H14.C8H10.8CH4/c1-11-3-5-12(6-4-11)7-9-13(2)10-8-12;1-9-7-10(8-9)3-5-11(2)6-4-10;1-9-3-5-10(6-4-9)7-11(2)8-10;1-7-5-9-3-4-10(6-7)8(9)2;4*1-7-3-5-8(2)6-4-7;;;;;;;;/h11H,3-10H2,1-2H3;2*9H,3-8H2,1-2H3;7-10H,3-6H2,1-2H3;7-8H,3-6H2,1-2H3;2*3,8H,4-6H2,1-2H3;3-6H,1-2H3;8*1H4. The Labute approximate surface area is 541 Å². The third-order valence-corrected chi connectivity index (χ3v) is 22.7. The maximum absolute atomic E-state index is 2.49. The smallest absolute Gasteiger partial charge is 0.00474 e. The van der Waals surface area contributed by atoms with E-state index in [0.29, 0.717) is 0 Å². The van der Waals surface area contributed by atoms with E-state index in [1.807, 2.05) is 0 Å². The molecule has 6 saturated carbocycles. The minimum Gasteiger partial charge on any atom is -0.306 e. The highest BCUT2D eigenvalue weighted by Gasteiger charge is 2.44. The fraction of sp³-hybridized carbons (Fsp3) is 0.878. The van der Waals surface area contributed by atoms with Crippen LogP contribution in [0.3, 0.4) is 0 Å². The molecule has 0 aromatic heterocycles. The topological polar surface area (TPSA) is 9.72 Å². The molecule has 0 radical (unpaired) electrons. The fourth-order valence-electron chi connectivity index (χ4n) is 16.1. The van der Waals surface area contributed by atoms with Crippen molar-refractivity contribution in [2.24, 2.45) is 81.3 Å². The van der Waals surface area contributed by atoms with E-state index in [0.717, 1.165) is 81.3 Å². The summed E-state index contributed by atoms with van der Waals surface area (Å²) in [4.78, 5) is 7.41. The molecule has 3 saturated heterocycles. The van der Waals surface area contributed by atoms with E-state index in [4.69, 9.17) is 0 Å². The SMILES string of the molecule is C.C.C.C.C.C.C.C.CC1=CCC(C)CC1.CC1=CCC(C)CC1.CC1CC2(CCN(C)CC2)C1.CC1CC2CCC(C1)C2C.CC1CCC(C)CC1.CC1CCC2(CC1)CCN(C)CC2.CC1CCC2(CC1)CN(C)C2.Cc1ccc(C)cc1. The van der Waals surface area contributed by atoms with Crippen LogP contribution < -0.4 is 0 Å². The van der Waals surface area contributed by atoms with E-state index >= 15 is 0 Å². The van der Waals surface area contributed by atoms with E-state index in [1.165, 1.54) is 230 Å². The fourth-order valence-corrected chi connectivity index (χ4v) is 16.1. The van der Waals surface area contributed by atoms with Crippen LogP contribution in [-0.4, -0.2) is 75.1 Å². The van der Waals surface area contributed by atoms with Gasteiger partial charge in [0.1, 0.15) is 0 Å². The lowest BCUT2D eigenvalue weighted by Crippen LogP contribution is -2.55. The summed E-state index contributed by atoms with van der Waals surface area (Å²) in [7, 11) is 6.75. The summed E-state index contributed by atoms with van der Waals surface area (Å²) in [5.41, 5.74) is 8.20. The molecule has 508 valence electrons. The van der Waals surface area contributed by atoms with Crippen LogP contribution >= 0.6 is 0 Å². The van der Waals surface area contributed by atoms with Crippen LogP contribution in [0.15, 0.2) is 47.6 Å². The van der Waals surface area contributed by atoms with Gasteiger partial charge in [-0.1, -0.05) is 232 Å². The van der Waals surface area contributed by atoms with Gasteiger partial charge in [0.2, 0.25) is 0 Å². The van der Waals surface area contributed by atoms with Crippen molar-refractivity contribution in [3.05, 3.63) is 58.7 Å². The van der Waals surface area contributed by atoms with E-state index in [-0.39, 0.29) is 59.4 Å². The van der Waals surface area contributed by atoms with Crippen LogP contribution in [0, 0.1) is 95.2 Å². The Balaban J connectivity index is -0.000000438. The number of likely N-dealkylation sites (tertiary alicyclic amines) is 3. The molecule has 9 fully saturated rings. The third-order valence-electron chi connectivity index (χ3n) is 22.7.